The van der Waals surface area contributed by atoms with E-state index in [0.717, 1.165) is 12.0 Å². The zero-order valence-electron chi connectivity index (χ0n) is 14.5. The summed E-state index contributed by atoms with van der Waals surface area (Å²) in [6.45, 7) is 5.89. The molecule has 1 aromatic heterocycles. The number of amides is 1. The van der Waals surface area contributed by atoms with Gasteiger partial charge in [-0.25, -0.2) is 0 Å². The number of hydrogen-bond acceptors (Lipinski definition) is 3. The number of nitrogens with one attached hydrogen (secondary N) is 1. The Morgan fingerprint density at radius 1 is 1.19 bits per heavy atom. The molecule has 0 aliphatic rings. The fraction of sp³-hybridized carbons (Fsp3) is 0.143. The number of aromatic hydroxyl groups is 1. The molecule has 5 heteroatoms. The third-order valence-electron chi connectivity index (χ3n) is 4.33. The van der Waals surface area contributed by atoms with Crippen LogP contribution in [0.15, 0.2) is 66.0 Å². The van der Waals surface area contributed by atoms with Gasteiger partial charge in [0.05, 0.1) is 5.52 Å². The first-order valence-electron chi connectivity index (χ1n) is 8.43. The quantitative estimate of drug-likeness (QED) is 0.691. The van der Waals surface area contributed by atoms with Crippen molar-refractivity contribution in [3.05, 3.63) is 82.7 Å². The van der Waals surface area contributed by atoms with Gasteiger partial charge in [-0.15, -0.1) is 6.58 Å². The molecule has 0 fully saturated rings. The summed E-state index contributed by atoms with van der Waals surface area (Å²) >= 11 is 0. The van der Waals surface area contributed by atoms with E-state index in [4.69, 9.17) is 0 Å². The molecule has 132 valence electrons. The van der Waals surface area contributed by atoms with Gasteiger partial charge in [0.1, 0.15) is 11.3 Å². The van der Waals surface area contributed by atoms with Gasteiger partial charge in [-0.3, -0.25) is 9.59 Å². The predicted molar refractivity (Wildman–Crippen MR) is 104 cm³/mol. The Kier molecular flexibility index (Phi) is 4.89. The van der Waals surface area contributed by atoms with Crippen molar-refractivity contribution < 1.29 is 9.90 Å². The molecular weight excluding hydrogens is 328 g/mol. The lowest BCUT2D eigenvalue weighted by Gasteiger charge is -2.14. The summed E-state index contributed by atoms with van der Waals surface area (Å²) in [6.07, 6.45) is 2.32. The minimum absolute atomic E-state index is 0.242. The average Bonchev–Trinajstić information content (AvgIpc) is 2.65. The summed E-state index contributed by atoms with van der Waals surface area (Å²) in [7, 11) is 0. The van der Waals surface area contributed by atoms with E-state index >= 15 is 0 Å². The third kappa shape index (κ3) is 2.99. The molecule has 0 radical (unpaired) electrons. The van der Waals surface area contributed by atoms with Crippen molar-refractivity contribution in [2.75, 3.05) is 5.32 Å². The van der Waals surface area contributed by atoms with Crippen molar-refractivity contribution in [1.29, 1.82) is 0 Å². The average molecular weight is 348 g/mol. The molecule has 26 heavy (non-hydrogen) atoms. The van der Waals surface area contributed by atoms with E-state index in [9.17, 15) is 14.7 Å². The zero-order valence-corrected chi connectivity index (χ0v) is 14.5. The number of fused-ring (bicyclic) bond motifs is 1. The SMILES string of the molecule is C=CCn1c(=O)c(C(=O)Nc2ccccc2CC)c(O)c2ccccc21. The zero-order chi connectivity index (χ0) is 18.7. The molecular formula is C21H20N2O3. The van der Waals surface area contributed by atoms with Crippen molar-refractivity contribution in [2.24, 2.45) is 0 Å². The highest BCUT2D eigenvalue weighted by molar-refractivity contribution is 6.09. The number of allylic oxidation sites excluding steroid dienone is 1. The van der Waals surface area contributed by atoms with Crippen LogP contribution < -0.4 is 10.9 Å². The first-order valence-corrected chi connectivity index (χ1v) is 8.43. The number of aryl methyl sites for hydroxylation is 1. The van der Waals surface area contributed by atoms with Crippen molar-refractivity contribution in [3.63, 3.8) is 0 Å². The molecule has 2 N–H and O–H groups in total. The second-order valence-electron chi connectivity index (χ2n) is 5.91. The van der Waals surface area contributed by atoms with Crippen LogP contribution in [0.1, 0.15) is 22.8 Å². The Labute approximate surface area is 151 Å². The van der Waals surface area contributed by atoms with Crippen LogP contribution in [0.4, 0.5) is 5.69 Å². The van der Waals surface area contributed by atoms with Crippen LogP contribution >= 0.6 is 0 Å². The summed E-state index contributed by atoms with van der Waals surface area (Å²) in [5.41, 5.74) is 1.32. The summed E-state index contributed by atoms with van der Waals surface area (Å²) in [6, 6.07) is 14.3. The Morgan fingerprint density at radius 2 is 1.88 bits per heavy atom. The summed E-state index contributed by atoms with van der Waals surface area (Å²) < 4.78 is 1.43. The van der Waals surface area contributed by atoms with Gasteiger partial charge in [0.15, 0.2) is 0 Å². The molecule has 5 nitrogen and oxygen atoms in total. The largest absolute Gasteiger partial charge is 0.506 e. The lowest BCUT2D eigenvalue weighted by Crippen LogP contribution is -2.29. The maximum Gasteiger partial charge on any atom is 0.268 e. The number of anilines is 1. The van der Waals surface area contributed by atoms with E-state index in [-0.39, 0.29) is 17.9 Å². The Hall–Kier alpha value is -3.34. The van der Waals surface area contributed by atoms with Crippen LogP contribution in [0.3, 0.4) is 0 Å². The lowest BCUT2D eigenvalue weighted by molar-refractivity contribution is 0.102. The number of pyridine rings is 1. The monoisotopic (exact) mass is 348 g/mol. The van der Waals surface area contributed by atoms with Crippen molar-refractivity contribution in [3.8, 4) is 5.75 Å². The molecule has 0 saturated carbocycles. The topological polar surface area (TPSA) is 71.3 Å². The second kappa shape index (κ2) is 7.27. The number of hydrogen-bond donors (Lipinski definition) is 2. The van der Waals surface area contributed by atoms with Crippen molar-refractivity contribution in [2.45, 2.75) is 19.9 Å². The van der Waals surface area contributed by atoms with Crippen LogP contribution in [0.25, 0.3) is 10.9 Å². The fourth-order valence-electron chi connectivity index (χ4n) is 3.04. The standard InChI is InChI=1S/C21H20N2O3/c1-3-13-23-17-12-8-6-10-15(17)19(24)18(21(23)26)20(25)22-16-11-7-5-9-14(16)4-2/h3,5-12,24H,1,4,13H2,2H3,(H,22,25). The van der Waals surface area contributed by atoms with Gasteiger partial charge in [-0.1, -0.05) is 43.3 Å². The highest BCUT2D eigenvalue weighted by Crippen LogP contribution is 2.27. The number of carbonyl (C=O) groups excluding carboxylic acids is 1. The molecule has 0 aliphatic heterocycles. The maximum absolute atomic E-state index is 12.9. The first-order chi connectivity index (χ1) is 12.6. The van der Waals surface area contributed by atoms with Gasteiger partial charge in [0.25, 0.3) is 11.5 Å². The van der Waals surface area contributed by atoms with Crippen molar-refractivity contribution in [1.82, 2.24) is 4.57 Å². The van der Waals surface area contributed by atoms with Crippen LogP contribution in [0, 0.1) is 0 Å². The minimum atomic E-state index is -0.628. The van der Waals surface area contributed by atoms with E-state index in [0.29, 0.717) is 16.6 Å². The van der Waals surface area contributed by atoms with Gasteiger partial charge in [0.2, 0.25) is 0 Å². The van der Waals surface area contributed by atoms with Gasteiger partial charge >= 0.3 is 0 Å². The minimum Gasteiger partial charge on any atom is -0.506 e. The van der Waals surface area contributed by atoms with Crippen LogP contribution in [-0.2, 0) is 13.0 Å². The van der Waals surface area contributed by atoms with Gasteiger partial charge in [-0.2, -0.15) is 0 Å². The van der Waals surface area contributed by atoms with Crippen molar-refractivity contribution >= 4 is 22.5 Å². The first kappa shape index (κ1) is 17.5. The normalized spacial score (nSPS) is 10.7. The van der Waals surface area contributed by atoms with E-state index in [1.54, 1.807) is 36.4 Å². The predicted octanol–water partition coefficient (Wildman–Crippen LogP) is 3.71. The van der Waals surface area contributed by atoms with E-state index in [2.05, 4.69) is 11.9 Å². The lowest BCUT2D eigenvalue weighted by atomic mass is 10.1. The number of rotatable bonds is 5. The Morgan fingerprint density at radius 3 is 2.62 bits per heavy atom. The smallest absolute Gasteiger partial charge is 0.268 e. The highest BCUT2D eigenvalue weighted by atomic mass is 16.3. The van der Waals surface area contributed by atoms with Crippen LogP contribution in [-0.4, -0.2) is 15.6 Å². The molecule has 1 heterocycles. The molecule has 3 rings (SSSR count). The molecule has 0 saturated heterocycles. The molecule has 0 aliphatic carbocycles. The summed E-state index contributed by atoms with van der Waals surface area (Å²) in [5, 5.41) is 13.8. The Balaban J connectivity index is 2.16. The van der Waals surface area contributed by atoms with E-state index in [1.807, 2.05) is 25.1 Å². The molecule has 0 bridgehead atoms. The number of nitrogens with zero attached hydrogens (tertiary/aromatic N) is 1. The molecule has 2 aromatic carbocycles. The Bertz CT molecular complexity index is 1050. The number of carbonyl (C=O) groups is 1. The molecule has 0 atom stereocenters. The van der Waals surface area contributed by atoms with E-state index in [1.165, 1.54) is 4.57 Å². The molecule has 3 aromatic rings. The second-order valence-corrected chi connectivity index (χ2v) is 5.91. The molecule has 1 amide bonds. The fourth-order valence-corrected chi connectivity index (χ4v) is 3.04. The number of para-hydroxylation sites is 2. The third-order valence-corrected chi connectivity index (χ3v) is 4.33. The summed E-state index contributed by atoms with van der Waals surface area (Å²) in [4.78, 5) is 25.7. The number of aromatic nitrogens is 1. The summed E-state index contributed by atoms with van der Waals surface area (Å²) in [5.74, 6) is -0.936. The maximum atomic E-state index is 12.9. The van der Waals surface area contributed by atoms with Gasteiger partial charge in [0, 0.05) is 17.6 Å². The van der Waals surface area contributed by atoms with Crippen LogP contribution in [0.5, 0.6) is 5.75 Å². The van der Waals surface area contributed by atoms with Crippen LogP contribution in [0.2, 0.25) is 0 Å². The van der Waals surface area contributed by atoms with E-state index < -0.39 is 11.5 Å². The highest BCUT2D eigenvalue weighted by Gasteiger charge is 2.22. The molecule has 0 unspecified atom stereocenters. The number of benzene rings is 2. The molecule has 0 spiro atoms. The van der Waals surface area contributed by atoms with Gasteiger partial charge < -0.3 is 15.0 Å². The van der Waals surface area contributed by atoms with Gasteiger partial charge in [-0.05, 0) is 30.2 Å².